The number of thiazole rings is 1. The lowest BCUT2D eigenvalue weighted by Gasteiger charge is -2.31. The molecule has 0 atom stereocenters. The number of hydrogen-bond donors (Lipinski definition) is 0. The van der Waals surface area contributed by atoms with Gasteiger partial charge in [-0.05, 0) is 49.2 Å². The number of nitrogens with zero attached hydrogens (tertiary/aromatic N) is 2. The van der Waals surface area contributed by atoms with Crippen molar-refractivity contribution in [2.45, 2.75) is 23.0 Å². The Morgan fingerprint density at radius 3 is 2.41 bits per heavy atom. The van der Waals surface area contributed by atoms with E-state index in [1.54, 1.807) is 31.6 Å². The molecule has 1 aromatic heterocycles. The van der Waals surface area contributed by atoms with Crippen LogP contribution in [0.25, 0.3) is 11.3 Å². The summed E-state index contributed by atoms with van der Waals surface area (Å²) in [5.41, 5.74) is 1.77. The molecule has 10 heteroatoms. The largest absolute Gasteiger partial charge is 0.493 e. The van der Waals surface area contributed by atoms with E-state index in [1.165, 1.54) is 12.1 Å². The summed E-state index contributed by atoms with van der Waals surface area (Å²) < 4.78 is 36.8. The van der Waals surface area contributed by atoms with Gasteiger partial charge in [0.15, 0.2) is 26.5 Å². The maximum atomic E-state index is 13.1. The monoisotopic (exact) mass is 512 g/mol. The highest BCUT2D eigenvalue weighted by Crippen LogP contribution is 2.36. The molecule has 2 heterocycles. The van der Waals surface area contributed by atoms with Crippen LogP contribution in [0.5, 0.6) is 11.5 Å². The number of sulfone groups is 1. The first-order chi connectivity index (χ1) is 15.3. The van der Waals surface area contributed by atoms with E-state index in [9.17, 15) is 8.42 Å². The van der Waals surface area contributed by atoms with Gasteiger partial charge in [-0.2, -0.15) is 0 Å². The summed E-state index contributed by atoms with van der Waals surface area (Å²) in [6.45, 7) is 1.21. The van der Waals surface area contributed by atoms with Crippen molar-refractivity contribution in [1.29, 1.82) is 0 Å². The van der Waals surface area contributed by atoms with Gasteiger partial charge in [-0.25, -0.2) is 13.4 Å². The van der Waals surface area contributed by atoms with Crippen molar-refractivity contribution in [3.63, 3.8) is 0 Å². The van der Waals surface area contributed by atoms with Gasteiger partial charge in [0.25, 0.3) is 0 Å². The highest BCUT2D eigenvalue weighted by atomic mass is 35.5. The van der Waals surface area contributed by atoms with Crippen LogP contribution in [-0.4, -0.2) is 46.0 Å². The first-order valence-electron chi connectivity index (χ1n) is 9.95. The van der Waals surface area contributed by atoms with Crippen LogP contribution in [-0.2, 0) is 9.84 Å². The standard InChI is InChI=1S/C22H22Cl2N2O4S2/c1-29-19-5-3-14(11-20(19)30-2)18-13-31-22(25-18)26-9-7-16(8-10-26)32(27,28)21-6-4-15(23)12-17(21)24/h3-6,11-13,16H,7-10H2,1-2H3. The van der Waals surface area contributed by atoms with Crippen molar-refractivity contribution in [2.75, 3.05) is 32.2 Å². The second kappa shape index (κ2) is 9.47. The van der Waals surface area contributed by atoms with Gasteiger partial charge in [-0.15, -0.1) is 11.3 Å². The zero-order valence-corrected chi connectivity index (χ0v) is 20.7. The Bertz CT molecular complexity index is 1220. The minimum Gasteiger partial charge on any atom is -0.493 e. The molecule has 1 aliphatic rings. The van der Waals surface area contributed by atoms with Crippen molar-refractivity contribution in [3.05, 3.63) is 51.8 Å². The predicted molar refractivity (Wildman–Crippen MR) is 130 cm³/mol. The average Bonchev–Trinajstić information content (AvgIpc) is 3.28. The number of benzene rings is 2. The third-order valence-corrected chi connectivity index (χ3v) is 9.40. The van der Waals surface area contributed by atoms with E-state index in [2.05, 4.69) is 4.90 Å². The molecule has 0 saturated carbocycles. The number of halogens is 2. The van der Waals surface area contributed by atoms with Gasteiger partial charge in [0.05, 0.1) is 35.1 Å². The quantitative estimate of drug-likeness (QED) is 0.429. The molecule has 0 bridgehead atoms. The fourth-order valence-corrected chi connectivity index (χ4v) is 7.18. The molecule has 0 unspecified atom stereocenters. The first-order valence-corrected chi connectivity index (χ1v) is 13.1. The van der Waals surface area contributed by atoms with Gasteiger partial charge >= 0.3 is 0 Å². The van der Waals surface area contributed by atoms with E-state index in [0.29, 0.717) is 42.5 Å². The second-order valence-corrected chi connectivity index (χ2v) is 11.3. The minimum absolute atomic E-state index is 0.145. The molecular formula is C22H22Cl2N2O4S2. The SMILES string of the molecule is COc1ccc(-c2csc(N3CCC(S(=O)(=O)c4ccc(Cl)cc4Cl)CC3)n2)cc1OC. The fraction of sp³-hybridized carbons (Fsp3) is 0.318. The van der Waals surface area contributed by atoms with Crippen LogP contribution in [0.4, 0.5) is 5.13 Å². The smallest absolute Gasteiger partial charge is 0.185 e. The van der Waals surface area contributed by atoms with Crippen LogP contribution < -0.4 is 14.4 Å². The molecule has 6 nitrogen and oxygen atoms in total. The van der Waals surface area contributed by atoms with Crippen LogP contribution in [0.1, 0.15) is 12.8 Å². The molecule has 0 radical (unpaired) electrons. The molecule has 3 aromatic rings. The number of ether oxygens (including phenoxy) is 2. The Hall–Kier alpha value is -2.00. The molecule has 4 rings (SSSR count). The lowest BCUT2D eigenvalue weighted by Crippen LogP contribution is -2.39. The van der Waals surface area contributed by atoms with E-state index in [1.807, 2.05) is 23.6 Å². The van der Waals surface area contributed by atoms with Crippen LogP contribution in [0.15, 0.2) is 46.7 Å². The van der Waals surface area contributed by atoms with Gasteiger partial charge in [-0.1, -0.05) is 23.2 Å². The zero-order chi connectivity index (χ0) is 22.9. The summed E-state index contributed by atoms with van der Waals surface area (Å²) in [5, 5.41) is 2.96. The molecule has 32 heavy (non-hydrogen) atoms. The van der Waals surface area contributed by atoms with Crippen molar-refractivity contribution in [2.24, 2.45) is 0 Å². The Balaban J connectivity index is 1.47. The predicted octanol–water partition coefficient (Wildman–Crippen LogP) is 5.58. The van der Waals surface area contributed by atoms with Crippen molar-refractivity contribution in [1.82, 2.24) is 4.98 Å². The maximum Gasteiger partial charge on any atom is 0.185 e. The summed E-state index contributed by atoms with van der Waals surface area (Å²) in [6, 6.07) is 10.2. The van der Waals surface area contributed by atoms with Crippen molar-refractivity contribution in [3.8, 4) is 22.8 Å². The Kier molecular flexibility index (Phi) is 6.86. The molecule has 0 amide bonds. The topological polar surface area (TPSA) is 68.7 Å². The lowest BCUT2D eigenvalue weighted by atomic mass is 10.1. The van der Waals surface area contributed by atoms with E-state index in [4.69, 9.17) is 37.7 Å². The Morgan fingerprint density at radius 1 is 1.03 bits per heavy atom. The molecule has 1 saturated heterocycles. The minimum atomic E-state index is -3.53. The summed E-state index contributed by atoms with van der Waals surface area (Å²) in [7, 11) is -0.326. The number of hydrogen-bond acceptors (Lipinski definition) is 7. The van der Waals surface area contributed by atoms with Crippen LogP contribution in [0, 0.1) is 0 Å². The highest BCUT2D eigenvalue weighted by Gasteiger charge is 2.33. The van der Waals surface area contributed by atoms with Crippen LogP contribution >= 0.6 is 34.5 Å². The van der Waals surface area contributed by atoms with E-state index < -0.39 is 15.1 Å². The molecule has 2 aromatic carbocycles. The average molecular weight is 513 g/mol. The molecule has 0 aliphatic carbocycles. The number of piperidine rings is 1. The van der Waals surface area contributed by atoms with Gasteiger partial charge < -0.3 is 14.4 Å². The summed E-state index contributed by atoms with van der Waals surface area (Å²) in [6.07, 6.45) is 1.01. The molecule has 0 spiro atoms. The zero-order valence-electron chi connectivity index (χ0n) is 17.5. The fourth-order valence-electron chi connectivity index (χ4n) is 3.78. The highest BCUT2D eigenvalue weighted by molar-refractivity contribution is 7.92. The summed E-state index contributed by atoms with van der Waals surface area (Å²) in [4.78, 5) is 7.04. The third-order valence-electron chi connectivity index (χ3n) is 5.52. The number of anilines is 1. The molecule has 170 valence electrons. The van der Waals surface area contributed by atoms with Gasteiger partial charge in [0, 0.05) is 29.1 Å². The third kappa shape index (κ3) is 4.55. The first kappa shape index (κ1) is 23.2. The van der Waals surface area contributed by atoms with Gasteiger partial charge in [0.2, 0.25) is 0 Å². The lowest BCUT2D eigenvalue weighted by molar-refractivity contribution is 0.355. The number of methoxy groups -OCH3 is 2. The summed E-state index contributed by atoms with van der Waals surface area (Å²) >= 11 is 13.6. The molecule has 1 aliphatic heterocycles. The number of rotatable bonds is 6. The van der Waals surface area contributed by atoms with E-state index in [0.717, 1.165) is 16.4 Å². The molecular weight excluding hydrogens is 491 g/mol. The summed E-state index contributed by atoms with van der Waals surface area (Å²) in [5.74, 6) is 1.31. The van der Waals surface area contributed by atoms with E-state index in [-0.39, 0.29) is 9.92 Å². The number of aromatic nitrogens is 1. The van der Waals surface area contributed by atoms with Crippen LogP contribution in [0.3, 0.4) is 0 Å². The maximum absolute atomic E-state index is 13.1. The normalized spacial score (nSPS) is 15.1. The van der Waals surface area contributed by atoms with Gasteiger partial charge in [-0.3, -0.25) is 0 Å². The Labute approximate surface area is 201 Å². The van der Waals surface area contributed by atoms with Crippen molar-refractivity contribution < 1.29 is 17.9 Å². The van der Waals surface area contributed by atoms with E-state index >= 15 is 0 Å². The van der Waals surface area contributed by atoms with Gasteiger partial charge in [0.1, 0.15) is 0 Å². The second-order valence-electron chi connectivity index (χ2n) is 7.39. The molecule has 1 fully saturated rings. The van der Waals surface area contributed by atoms with Crippen LogP contribution in [0.2, 0.25) is 10.0 Å². The Morgan fingerprint density at radius 2 is 1.75 bits per heavy atom. The van der Waals surface area contributed by atoms with Crippen molar-refractivity contribution >= 4 is 49.5 Å². The molecule has 0 N–H and O–H groups in total.